The molecule has 4 amide bonds. The van der Waals surface area contributed by atoms with Crippen LogP contribution in [0.1, 0.15) is 272 Å². The molecule has 12 heteroatoms. The van der Waals surface area contributed by atoms with Crippen molar-refractivity contribution in [1.82, 2.24) is 15.1 Å². The lowest BCUT2D eigenvalue weighted by atomic mass is 9.46. The van der Waals surface area contributed by atoms with Crippen LogP contribution in [0.2, 0.25) is 0 Å². The van der Waals surface area contributed by atoms with Crippen LogP contribution < -0.4 is 11.1 Å². The first-order valence-corrected chi connectivity index (χ1v) is 38.7. The number of carbonyl (C=O) groups excluding carboxylic acids is 4. The summed E-state index contributed by atoms with van der Waals surface area (Å²) in [5.41, 5.74) is 12.6. The first kappa shape index (κ1) is 73.7. The molecular formula is C83H128N4O8. The molecule has 12 nitrogen and oxygen atoms in total. The zero-order chi connectivity index (χ0) is 68.0. The number of allylic oxidation sites excluding steroid dienone is 3. The van der Waals surface area contributed by atoms with Crippen LogP contribution in [-0.2, 0) is 9.47 Å². The van der Waals surface area contributed by atoms with E-state index >= 15 is 0 Å². The largest absolute Gasteiger partial charge is 0.393 e. The maximum absolute atomic E-state index is 13.1. The number of amides is 4. The Kier molecular flexibility index (Phi) is 24.9. The summed E-state index contributed by atoms with van der Waals surface area (Å²) >= 11 is 0. The van der Waals surface area contributed by atoms with Crippen LogP contribution in [0.3, 0.4) is 0 Å². The van der Waals surface area contributed by atoms with Crippen molar-refractivity contribution in [3.05, 3.63) is 94.1 Å². The summed E-state index contributed by atoms with van der Waals surface area (Å²) in [6.07, 6.45) is 36.5. The van der Waals surface area contributed by atoms with E-state index in [0.717, 1.165) is 96.2 Å². The van der Waals surface area contributed by atoms with Crippen LogP contribution in [0.5, 0.6) is 0 Å². The molecule has 95 heavy (non-hydrogen) atoms. The van der Waals surface area contributed by atoms with Crippen LogP contribution in [0.25, 0.3) is 0 Å². The van der Waals surface area contributed by atoms with Crippen LogP contribution in [-0.4, -0.2) is 114 Å². The fourth-order valence-corrected chi connectivity index (χ4v) is 22.5. The van der Waals surface area contributed by atoms with Crippen molar-refractivity contribution in [1.29, 1.82) is 0 Å². The van der Waals surface area contributed by atoms with Gasteiger partial charge in [0.25, 0.3) is 23.6 Å². The van der Waals surface area contributed by atoms with Crippen molar-refractivity contribution in [2.75, 3.05) is 52.6 Å². The van der Waals surface area contributed by atoms with Crippen molar-refractivity contribution in [2.45, 2.75) is 249 Å². The number of nitrogens with two attached hydrogens (primary N) is 1. The number of nitrogens with one attached hydrogen (secondary N) is 1. The molecule has 528 valence electrons. The predicted octanol–water partition coefficient (Wildman–Crippen LogP) is 16.7. The SMILES string of the molecule is CC(C)CCCC(C)C1CCC2C3CC=C4CC(CCC(C)O)CCC4(C)C3CCC12C.CC(C)CCCC(C)C1CCC2C3CC=C4CC(N(CCOCCOCCN)CC(O)CN5C(=O)c6ccccc6C5=O)CCC4(C)C3CCC12C.O=C1NC(=O)c2ccccc21. The first-order valence-electron chi connectivity index (χ1n) is 38.7. The summed E-state index contributed by atoms with van der Waals surface area (Å²) < 4.78 is 11.5. The van der Waals surface area contributed by atoms with Crippen molar-refractivity contribution < 1.29 is 38.9 Å². The summed E-state index contributed by atoms with van der Waals surface area (Å²) in [6.45, 7) is 30.8. The summed E-state index contributed by atoms with van der Waals surface area (Å²) in [7, 11) is 0. The maximum Gasteiger partial charge on any atom is 0.261 e. The molecule has 12 rings (SSSR count). The van der Waals surface area contributed by atoms with E-state index in [9.17, 15) is 29.4 Å². The third kappa shape index (κ3) is 16.1. The first-order chi connectivity index (χ1) is 45.4. The Labute approximate surface area is 574 Å². The van der Waals surface area contributed by atoms with Gasteiger partial charge in [-0.2, -0.15) is 0 Å². The van der Waals surface area contributed by atoms with E-state index in [-0.39, 0.29) is 47.7 Å². The highest BCUT2D eigenvalue weighted by Gasteiger charge is 2.61. The zero-order valence-electron chi connectivity index (χ0n) is 61.0. The van der Waals surface area contributed by atoms with Gasteiger partial charge in [0.2, 0.25) is 0 Å². The molecular weight excluding hydrogens is 1180 g/mol. The highest BCUT2D eigenvalue weighted by Crippen LogP contribution is 2.69. The number of hydrogen-bond donors (Lipinski definition) is 4. The standard InChI is InChI=1S/C44H69N3O5.C31H54O.C8H5NO2/c1-30(2)9-8-10-31(3)38-15-16-39-37-14-13-32-27-33(17-19-43(32,4)40(37)18-20-44(38,39)5)46(22-24-52-26-25-51-23-21-45)28-34(48)29-47-41(49)35-11-6-7-12-36(35)42(47)50;1-21(2)8-7-9-22(3)27-14-15-28-26-13-12-25-20-24(11-10-23(4)32)16-18-30(25,5)29(26)17-19-31(27,28)6;10-7-5-3-1-2-4-6(5)8(11)9-7/h6-7,11-13,30-31,33-34,37-40,48H,8-10,14-29,45H2,1-5H3;12,21-24,26-29,32H,7-11,13-20H2,1-6H3;1-4H,(H,9,10,11). The number of ether oxygens (including phenoxy) is 2. The molecule has 18 unspecified atom stereocenters. The Morgan fingerprint density at radius 1 is 0.568 bits per heavy atom. The van der Waals surface area contributed by atoms with Crippen molar-refractivity contribution in [3.63, 3.8) is 0 Å². The average Bonchev–Trinajstić information content (AvgIpc) is 1.71. The van der Waals surface area contributed by atoms with E-state index in [4.69, 9.17) is 15.2 Å². The number of benzene rings is 2. The molecule has 6 saturated carbocycles. The van der Waals surface area contributed by atoms with Gasteiger partial charge in [0.1, 0.15) is 0 Å². The van der Waals surface area contributed by atoms with Crippen molar-refractivity contribution in [2.24, 2.45) is 104 Å². The minimum atomic E-state index is -0.854. The minimum absolute atomic E-state index is 0.00892. The van der Waals surface area contributed by atoms with E-state index in [2.05, 4.69) is 91.6 Å². The van der Waals surface area contributed by atoms with E-state index in [0.29, 0.717) is 84.6 Å². The molecule has 8 aliphatic carbocycles. The van der Waals surface area contributed by atoms with E-state index in [1.807, 2.05) is 12.5 Å². The molecule has 0 saturated heterocycles. The molecule has 0 bridgehead atoms. The molecule has 0 radical (unpaired) electrons. The molecule has 2 aromatic rings. The van der Waals surface area contributed by atoms with Gasteiger partial charge in [0.05, 0.1) is 67.4 Å². The number of imide groups is 2. The summed E-state index contributed by atoms with van der Waals surface area (Å²) in [6, 6.07) is 14.0. The average molecular weight is 1310 g/mol. The minimum Gasteiger partial charge on any atom is -0.393 e. The molecule has 5 N–H and O–H groups in total. The van der Waals surface area contributed by atoms with Gasteiger partial charge < -0.3 is 25.4 Å². The Bertz CT molecular complexity index is 2920. The fraction of sp³-hybridized carbons (Fsp3) is 0.759. The van der Waals surface area contributed by atoms with Gasteiger partial charge in [-0.3, -0.25) is 34.3 Å². The lowest BCUT2D eigenvalue weighted by Gasteiger charge is -2.59. The summed E-state index contributed by atoms with van der Waals surface area (Å²) in [5, 5.41) is 23.4. The maximum atomic E-state index is 13.1. The van der Waals surface area contributed by atoms with E-state index < -0.39 is 6.10 Å². The summed E-state index contributed by atoms with van der Waals surface area (Å²) in [5.74, 6) is 10.1. The molecule has 6 fully saturated rings. The molecule has 0 spiro atoms. The second kappa shape index (κ2) is 32.1. The van der Waals surface area contributed by atoms with Gasteiger partial charge in [0, 0.05) is 25.7 Å². The second-order valence-electron chi connectivity index (χ2n) is 34.3. The zero-order valence-corrected chi connectivity index (χ0v) is 61.0. The third-order valence-corrected chi connectivity index (χ3v) is 27.7. The van der Waals surface area contributed by atoms with Crippen LogP contribution in [0.15, 0.2) is 71.8 Å². The number of fused-ring (bicyclic) bond motifs is 12. The second-order valence-corrected chi connectivity index (χ2v) is 34.3. The molecule has 2 aliphatic heterocycles. The van der Waals surface area contributed by atoms with Crippen molar-refractivity contribution in [3.8, 4) is 0 Å². The number of aliphatic hydroxyl groups excluding tert-OH is 2. The predicted molar refractivity (Wildman–Crippen MR) is 383 cm³/mol. The van der Waals surface area contributed by atoms with E-state index in [1.165, 1.54) is 140 Å². The molecule has 10 aliphatic rings. The highest BCUT2D eigenvalue weighted by atomic mass is 16.5. The van der Waals surface area contributed by atoms with Crippen LogP contribution in [0.4, 0.5) is 0 Å². The quantitative estimate of drug-likeness (QED) is 0.0404. The highest BCUT2D eigenvalue weighted by molar-refractivity contribution is 6.22. The lowest BCUT2D eigenvalue weighted by molar-refractivity contribution is -0.0569. The van der Waals surface area contributed by atoms with Gasteiger partial charge in [-0.1, -0.05) is 155 Å². The van der Waals surface area contributed by atoms with Crippen molar-refractivity contribution >= 4 is 23.6 Å². The van der Waals surface area contributed by atoms with Gasteiger partial charge in [0.15, 0.2) is 0 Å². The van der Waals surface area contributed by atoms with E-state index in [1.54, 1.807) is 54.1 Å². The fourth-order valence-electron chi connectivity index (χ4n) is 22.5. The lowest BCUT2D eigenvalue weighted by Crippen LogP contribution is -2.53. The number of rotatable bonds is 26. The molecule has 2 heterocycles. The van der Waals surface area contributed by atoms with Gasteiger partial charge in [-0.15, -0.1) is 0 Å². The Morgan fingerprint density at radius 3 is 1.55 bits per heavy atom. The Hall–Kier alpha value is -4.04. The van der Waals surface area contributed by atoms with Crippen LogP contribution >= 0.6 is 0 Å². The Morgan fingerprint density at radius 2 is 1.05 bits per heavy atom. The Balaban J connectivity index is 0.000000191. The number of nitrogens with zero attached hydrogens (tertiary/aromatic N) is 2. The molecule has 2 aromatic carbocycles. The van der Waals surface area contributed by atoms with Gasteiger partial charge >= 0.3 is 0 Å². The number of β-amino-alcohol motifs (C(OH)–C–C–N with tert-alkyl or cyclic N) is 1. The van der Waals surface area contributed by atoms with Crippen LogP contribution in [0, 0.1) is 98.6 Å². The van der Waals surface area contributed by atoms with Gasteiger partial charge in [-0.05, 0) is 245 Å². The smallest absolute Gasteiger partial charge is 0.261 e. The number of hydrogen-bond acceptors (Lipinski definition) is 10. The monoisotopic (exact) mass is 1310 g/mol. The number of aliphatic hydroxyl groups is 2. The number of carbonyl (C=O) groups is 4. The normalized spacial score (nSPS) is 34.0. The topological polar surface area (TPSA) is 172 Å². The third-order valence-electron chi connectivity index (χ3n) is 27.7. The van der Waals surface area contributed by atoms with Gasteiger partial charge in [-0.25, -0.2) is 0 Å². The summed E-state index contributed by atoms with van der Waals surface area (Å²) in [4.78, 5) is 51.7. The molecule has 0 aromatic heterocycles. The molecule has 18 atom stereocenters.